The van der Waals surface area contributed by atoms with Crippen molar-refractivity contribution in [2.24, 2.45) is 11.0 Å². The quantitative estimate of drug-likeness (QED) is 0.405. The van der Waals surface area contributed by atoms with Gasteiger partial charge in [0.25, 0.3) is 0 Å². The highest BCUT2D eigenvalue weighted by Gasteiger charge is 2.33. The first-order valence-corrected chi connectivity index (χ1v) is 5.74. The molecule has 2 aliphatic rings. The van der Waals surface area contributed by atoms with Gasteiger partial charge in [-0.25, -0.2) is 0 Å². The minimum absolute atomic E-state index is 0.583. The molecule has 1 aliphatic carbocycles. The fourth-order valence-electron chi connectivity index (χ4n) is 2.77. The highest BCUT2D eigenvalue weighted by atomic mass is 16.5. The highest BCUT2D eigenvalue weighted by molar-refractivity contribution is 4.87. The maximum atomic E-state index is 8.25. The van der Waals surface area contributed by atoms with Crippen LogP contribution in [0, 0.1) is 5.92 Å². The molecule has 2 rings (SSSR count). The SMILES string of the molecule is [N-]=[N+]=NCCN1CCOC[C@@H]2CCC[C@H]21. The third kappa shape index (κ3) is 2.62. The molecule has 15 heavy (non-hydrogen) atoms. The van der Waals surface area contributed by atoms with Gasteiger partial charge in [0, 0.05) is 30.6 Å². The van der Waals surface area contributed by atoms with E-state index in [1.165, 1.54) is 19.3 Å². The maximum Gasteiger partial charge on any atom is 0.0593 e. The van der Waals surface area contributed by atoms with E-state index in [1.807, 2.05) is 0 Å². The number of hydrogen-bond donors (Lipinski definition) is 0. The molecule has 0 aromatic rings. The van der Waals surface area contributed by atoms with Crippen molar-refractivity contribution in [1.82, 2.24) is 4.90 Å². The summed E-state index contributed by atoms with van der Waals surface area (Å²) in [4.78, 5) is 5.24. The Morgan fingerprint density at radius 2 is 2.40 bits per heavy atom. The van der Waals surface area contributed by atoms with Gasteiger partial charge in [0.1, 0.15) is 0 Å². The lowest BCUT2D eigenvalue weighted by Crippen LogP contribution is -2.39. The fraction of sp³-hybridized carbons (Fsp3) is 1.00. The molecular weight excluding hydrogens is 192 g/mol. The standard InChI is InChI=1S/C10H18N4O/c11-13-12-4-5-14-6-7-15-8-9-2-1-3-10(9)14/h9-10H,1-8H2/t9-,10+/m0/s1. The minimum atomic E-state index is 0.583. The van der Waals surface area contributed by atoms with E-state index in [9.17, 15) is 0 Å². The van der Waals surface area contributed by atoms with Crippen molar-refractivity contribution in [3.63, 3.8) is 0 Å². The van der Waals surface area contributed by atoms with E-state index in [-0.39, 0.29) is 0 Å². The summed E-state index contributed by atoms with van der Waals surface area (Å²) in [6, 6.07) is 0.668. The van der Waals surface area contributed by atoms with Crippen LogP contribution in [0.1, 0.15) is 19.3 Å². The monoisotopic (exact) mass is 210 g/mol. The summed E-state index contributed by atoms with van der Waals surface area (Å²) in [5, 5.41) is 3.61. The van der Waals surface area contributed by atoms with Gasteiger partial charge in [0.2, 0.25) is 0 Å². The van der Waals surface area contributed by atoms with Gasteiger partial charge < -0.3 is 4.74 Å². The highest BCUT2D eigenvalue weighted by Crippen LogP contribution is 2.31. The molecule has 1 heterocycles. The van der Waals surface area contributed by atoms with Crippen LogP contribution in [0.25, 0.3) is 10.4 Å². The van der Waals surface area contributed by atoms with Gasteiger partial charge in [-0.05, 0) is 24.3 Å². The number of hydrogen-bond acceptors (Lipinski definition) is 3. The lowest BCUT2D eigenvalue weighted by atomic mass is 10.0. The van der Waals surface area contributed by atoms with Gasteiger partial charge in [-0.3, -0.25) is 4.90 Å². The van der Waals surface area contributed by atoms with Crippen LogP contribution < -0.4 is 0 Å². The van der Waals surface area contributed by atoms with Crippen molar-refractivity contribution in [3.8, 4) is 0 Å². The Labute approximate surface area is 90.0 Å². The molecule has 0 aromatic heterocycles. The molecule has 1 aliphatic heterocycles. The first-order valence-electron chi connectivity index (χ1n) is 5.74. The van der Waals surface area contributed by atoms with E-state index >= 15 is 0 Å². The van der Waals surface area contributed by atoms with Crippen molar-refractivity contribution in [3.05, 3.63) is 10.4 Å². The molecular formula is C10H18N4O. The van der Waals surface area contributed by atoms with Crippen molar-refractivity contribution in [1.29, 1.82) is 0 Å². The normalized spacial score (nSPS) is 31.7. The minimum Gasteiger partial charge on any atom is -0.380 e. The van der Waals surface area contributed by atoms with Crippen LogP contribution in [0.2, 0.25) is 0 Å². The molecule has 5 nitrogen and oxygen atoms in total. The molecule has 0 spiro atoms. The van der Waals surface area contributed by atoms with Crippen molar-refractivity contribution in [2.75, 3.05) is 32.8 Å². The van der Waals surface area contributed by atoms with Crippen molar-refractivity contribution < 1.29 is 4.74 Å². The molecule has 0 unspecified atom stereocenters. The number of rotatable bonds is 3. The van der Waals surface area contributed by atoms with Crippen LogP contribution in [-0.2, 0) is 4.74 Å². The summed E-state index contributed by atoms with van der Waals surface area (Å²) in [7, 11) is 0. The smallest absolute Gasteiger partial charge is 0.0593 e. The Morgan fingerprint density at radius 1 is 1.47 bits per heavy atom. The maximum absolute atomic E-state index is 8.25. The molecule has 0 aromatic carbocycles. The van der Waals surface area contributed by atoms with Crippen LogP contribution in [0.15, 0.2) is 5.11 Å². The van der Waals surface area contributed by atoms with Crippen molar-refractivity contribution >= 4 is 0 Å². The van der Waals surface area contributed by atoms with E-state index in [0.717, 1.165) is 26.3 Å². The molecule has 0 radical (unpaired) electrons. The molecule has 1 saturated heterocycles. The Kier molecular flexibility index (Phi) is 3.83. The molecule has 5 heteroatoms. The van der Waals surface area contributed by atoms with Crippen molar-refractivity contribution in [2.45, 2.75) is 25.3 Å². The van der Waals surface area contributed by atoms with E-state index in [2.05, 4.69) is 14.9 Å². The van der Waals surface area contributed by atoms with Crippen LogP contribution in [-0.4, -0.2) is 43.8 Å². The Hall–Kier alpha value is -0.770. The van der Waals surface area contributed by atoms with Gasteiger partial charge in [0.05, 0.1) is 13.2 Å². The summed E-state index contributed by atoms with van der Waals surface area (Å²) in [6.45, 7) is 4.20. The molecule has 2 atom stereocenters. The molecule has 0 bridgehead atoms. The number of ether oxygens (including phenoxy) is 1. The molecule has 1 saturated carbocycles. The predicted molar refractivity (Wildman–Crippen MR) is 57.5 cm³/mol. The molecule has 0 N–H and O–H groups in total. The van der Waals surface area contributed by atoms with E-state index in [1.54, 1.807) is 0 Å². The second-order valence-corrected chi connectivity index (χ2v) is 4.32. The summed E-state index contributed by atoms with van der Waals surface area (Å²) < 4.78 is 5.60. The van der Waals surface area contributed by atoms with Gasteiger partial charge in [-0.1, -0.05) is 11.5 Å². The van der Waals surface area contributed by atoms with Crippen LogP contribution in [0.4, 0.5) is 0 Å². The third-order valence-corrected chi connectivity index (χ3v) is 3.49. The third-order valence-electron chi connectivity index (χ3n) is 3.49. The van der Waals surface area contributed by atoms with Crippen LogP contribution in [0.3, 0.4) is 0 Å². The Bertz CT molecular complexity index is 252. The summed E-state index contributed by atoms with van der Waals surface area (Å²) in [6.07, 6.45) is 3.89. The zero-order valence-corrected chi connectivity index (χ0v) is 9.01. The van der Waals surface area contributed by atoms with E-state index in [4.69, 9.17) is 10.3 Å². The second-order valence-electron chi connectivity index (χ2n) is 4.32. The van der Waals surface area contributed by atoms with Crippen LogP contribution in [0.5, 0.6) is 0 Å². The van der Waals surface area contributed by atoms with Gasteiger partial charge in [-0.15, -0.1) is 0 Å². The Balaban J connectivity index is 1.91. The molecule has 84 valence electrons. The largest absolute Gasteiger partial charge is 0.380 e. The fourth-order valence-corrected chi connectivity index (χ4v) is 2.77. The first-order chi connectivity index (χ1) is 7.42. The number of fused-ring (bicyclic) bond motifs is 1. The summed E-state index contributed by atoms with van der Waals surface area (Å²) in [5.41, 5.74) is 8.25. The second kappa shape index (κ2) is 5.35. The lowest BCUT2D eigenvalue weighted by Gasteiger charge is -2.29. The number of azide groups is 1. The van der Waals surface area contributed by atoms with Gasteiger partial charge in [0.15, 0.2) is 0 Å². The van der Waals surface area contributed by atoms with Crippen LogP contribution >= 0.6 is 0 Å². The lowest BCUT2D eigenvalue weighted by molar-refractivity contribution is 0.120. The first kappa shape index (κ1) is 10.7. The van der Waals surface area contributed by atoms with Gasteiger partial charge in [-0.2, -0.15) is 0 Å². The summed E-state index contributed by atoms with van der Waals surface area (Å²) >= 11 is 0. The zero-order valence-electron chi connectivity index (χ0n) is 9.01. The molecule has 2 fully saturated rings. The van der Waals surface area contributed by atoms with E-state index < -0.39 is 0 Å². The Morgan fingerprint density at radius 3 is 3.27 bits per heavy atom. The average Bonchev–Trinajstić information content (AvgIpc) is 2.63. The average molecular weight is 210 g/mol. The number of nitrogens with zero attached hydrogens (tertiary/aromatic N) is 4. The zero-order chi connectivity index (χ0) is 10.5. The predicted octanol–water partition coefficient (Wildman–Crippen LogP) is 1.80. The molecule has 0 amide bonds. The topological polar surface area (TPSA) is 61.2 Å². The van der Waals surface area contributed by atoms with Gasteiger partial charge >= 0.3 is 0 Å². The van der Waals surface area contributed by atoms with E-state index in [0.29, 0.717) is 18.5 Å². The summed E-state index contributed by atoms with van der Waals surface area (Å²) in [5.74, 6) is 0.707.